The molecule has 0 bridgehead atoms. The number of nitrogen functional groups attached to an aromatic ring is 1. The molecule has 5 heteroatoms. The average Bonchev–Trinajstić information content (AvgIpc) is 2.42. The number of pyridine rings is 1. The molecule has 2 aromatic rings. The van der Waals surface area contributed by atoms with Gasteiger partial charge in [0.25, 0.3) is 0 Å². The van der Waals surface area contributed by atoms with Gasteiger partial charge in [0.2, 0.25) is 0 Å². The molecule has 0 aliphatic carbocycles. The maximum Gasteiger partial charge on any atom is 0.200 e. The molecule has 0 saturated carbocycles. The van der Waals surface area contributed by atoms with Crippen LogP contribution < -0.4 is 10.6 Å². The van der Waals surface area contributed by atoms with Crippen molar-refractivity contribution < 1.29 is 0 Å². The van der Waals surface area contributed by atoms with Gasteiger partial charge in [-0.2, -0.15) is 4.98 Å². The normalized spacial score (nSPS) is 10.6. The molecule has 2 rings (SSSR count). The van der Waals surface area contributed by atoms with Crippen molar-refractivity contribution in [1.82, 2.24) is 15.0 Å². The Morgan fingerprint density at radius 2 is 2.08 bits per heavy atom. The summed E-state index contributed by atoms with van der Waals surface area (Å²) in [4.78, 5) is 13.2. The van der Waals surface area contributed by atoms with Gasteiger partial charge < -0.3 is 15.6 Å². The Balaban J connectivity index is 2.61. The summed E-state index contributed by atoms with van der Waals surface area (Å²) >= 11 is 0. The van der Waals surface area contributed by atoms with Crippen LogP contribution in [0.4, 0.5) is 11.8 Å². The number of fused-ring (bicyclic) bond motifs is 1. The Hall–Kier alpha value is -1.78. The first-order chi connectivity index (χ1) is 6.16. The number of aromatic amines is 1. The predicted octanol–water partition coefficient (Wildman–Crippen LogP) is 0.606. The molecule has 3 N–H and O–H groups in total. The Morgan fingerprint density at radius 1 is 1.31 bits per heavy atom. The maximum absolute atomic E-state index is 5.50. The molecule has 0 spiro atoms. The molecule has 0 amide bonds. The van der Waals surface area contributed by atoms with Gasteiger partial charge in [0.15, 0.2) is 11.6 Å². The minimum atomic E-state index is 0.401. The zero-order valence-corrected chi connectivity index (χ0v) is 7.57. The number of nitrogens with one attached hydrogen (secondary N) is 1. The van der Waals surface area contributed by atoms with Crippen molar-refractivity contribution in [3.8, 4) is 0 Å². The molecule has 0 fully saturated rings. The summed E-state index contributed by atoms with van der Waals surface area (Å²) in [6, 6.07) is 3.83. The number of aromatic nitrogens is 3. The number of anilines is 2. The Kier molecular flexibility index (Phi) is 1.58. The van der Waals surface area contributed by atoms with Crippen molar-refractivity contribution in [2.24, 2.45) is 0 Å². The fraction of sp³-hybridized carbons (Fsp3) is 0.250. The van der Waals surface area contributed by atoms with Crippen LogP contribution in [0.3, 0.4) is 0 Å². The van der Waals surface area contributed by atoms with Crippen molar-refractivity contribution in [3.05, 3.63) is 12.1 Å². The van der Waals surface area contributed by atoms with Gasteiger partial charge in [-0.05, 0) is 12.1 Å². The second-order valence-electron chi connectivity index (χ2n) is 3.06. The quantitative estimate of drug-likeness (QED) is 0.669. The zero-order valence-electron chi connectivity index (χ0n) is 7.57. The van der Waals surface area contributed by atoms with E-state index in [0.29, 0.717) is 11.6 Å². The van der Waals surface area contributed by atoms with Crippen molar-refractivity contribution in [3.63, 3.8) is 0 Å². The highest BCUT2D eigenvalue weighted by atomic mass is 15.2. The Morgan fingerprint density at radius 3 is 2.77 bits per heavy atom. The summed E-state index contributed by atoms with van der Waals surface area (Å²) in [5.41, 5.74) is 7.02. The second-order valence-corrected chi connectivity index (χ2v) is 3.06. The summed E-state index contributed by atoms with van der Waals surface area (Å²) < 4.78 is 0. The summed E-state index contributed by atoms with van der Waals surface area (Å²) in [5.74, 6) is 1.28. The molecule has 0 radical (unpaired) electrons. The third-order valence-electron chi connectivity index (χ3n) is 1.81. The van der Waals surface area contributed by atoms with Gasteiger partial charge >= 0.3 is 0 Å². The SMILES string of the molecule is CN(C)c1ccc2[nH]c(N)nc2n1. The molecule has 0 aromatic carbocycles. The lowest BCUT2D eigenvalue weighted by atomic mass is 10.4. The molecule has 68 valence electrons. The summed E-state index contributed by atoms with van der Waals surface area (Å²) in [5, 5.41) is 0. The molecule has 0 unspecified atom stereocenters. The fourth-order valence-corrected chi connectivity index (χ4v) is 1.15. The highest BCUT2D eigenvalue weighted by Gasteiger charge is 2.03. The minimum absolute atomic E-state index is 0.401. The van der Waals surface area contributed by atoms with Gasteiger partial charge in [0.1, 0.15) is 5.82 Å². The molecule has 0 saturated heterocycles. The third-order valence-corrected chi connectivity index (χ3v) is 1.81. The lowest BCUT2D eigenvalue weighted by molar-refractivity contribution is 1.08. The molecule has 5 nitrogen and oxygen atoms in total. The van der Waals surface area contributed by atoms with E-state index < -0.39 is 0 Å². The van der Waals surface area contributed by atoms with Crippen LogP contribution in [0.1, 0.15) is 0 Å². The molecule has 0 aliphatic heterocycles. The van der Waals surface area contributed by atoms with Crippen LogP contribution in [0.15, 0.2) is 12.1 Å². The largest absolute Gasteiger partial charge is 0.369 e. The summed E-state index contributed by atoms with van der Waals surface area (Å²) in [6.07, 6.45) is 0. The van der Waals surface area contributed by atoms with Crippen LogP contribution in [-0.4, -0.2) is 29.0 Å². The van der Waals surface area contributed by atoms with Crippen LogP contribution in [0.25, 0.3) is 11.2 Å². The van der Waals surface area contributed by atoms with Gasteiger partial charge in [0, 0.05) is 14.1 Å². The van der Waals surface area contributed by atoms with Crippen molar-refractivity contribution in [1.29, 1.82) is 0 Å². The number of nitrogens with two attached hydrogens (primary N) is 1. The van der Waals surface area contributed by atoms with Gasteiger partial charge in [-0.15, -0.1) is 0 Å². The average molecular weight is 177 g/mol. The standard InChI is InChI=1S/C8H11N5/c1-13(2)6-4-3-5-7(11-6)12-8(9)10-5/h3-4H,1-2H3,(H3,9,10,11,12). The Bertz CT molecular complexity index is 431. The number of hydrogen-bond donors (Lipinski definition) is 2. The zero-order chi connectivity index (χ0) is 9.42. The van der Waals surface area contributed by atoms with Crippen LogP contribution in [-0.2, 0) is 0 Å². The second kappa shape index (κ2) is 2.62. The summed E-state index contributed by atoms with van der Waals surface area (Å²) in [6.45, 7) is 0. The smallest absolute Gasteiger partial charge is 0.200 e. The van der Waals surface area contributed by atoms with Gasteiger partial charge in [-0.25, -0.2) is 4.98 Å². The van der Waals surface area contributed by atoms with Gasteiger partial charge in [-0.1, -0.05) is 0 Å². The van der Waals surface area contributed by atoms with Crippen molar-refractivity contribution in [2.75, 3.05) is 24.7 Å². The lowest BCUT2D eigenvalue weighted by Gasteiger charge is -2.09. The van der Waals surface area contributed by atoms with E-state index >= 15 is 0 Å². The first kappa shape index (κ1) is 7.85. The van der Waals surface area contributed by atoms with Crippen LogP contribution >= 0.6 is 0 Å². The number of H-pyrrole nitrogens is 1. The van der Waals surface area contributed by atoms with Crippen LogP contribution in [0.5, 0.6) is 0 Å². The van der Waals surface area contributed by atoms with E-state index in [9.17, 15) is 0 Å². The number of hydrogen-bond acceptors (Lipinski definition) is 4. The van der Waals surface area contributed by atoms with E-state index in [2.05, 4.69) is 15.0 Å². The molecule has 0 atom stereocenters. The molecular weight excluding hydrogens is 166 g/mol. The number of imidazole rings is 1. The van der Waals surface area contributed by atoms with Crippen LogP contribution in [0, 0.1) is 0 Å². The Labute approximate surface area is 75.6 Å². The third kappa shape index (κ3) is 1.28. The molecule has 13 heavy (non-hydrogen) atoms. The summed E-state index contributed by atoms with van der Waals surface area (Å²) in [7, 11) is 3.87. The van der Waals surface area contributed by atoms with E-state index in [1.165, 1.54) is 0 Å². The first-order valence-electron chi connectivity index (χ1n) is 3.96. The highest BCUT2D eigenvalue weighted by Crippen LogP contribution is 2.14. The molecule has 0 aliphatic rings. The van der Waals surface area contributed by atoms with Crippen molar-refractivity contribution in [2.45, 2.75) is 0 Å². The molecule has 2 aromatic heterocycles. The topological polar surface area (TPSA) is 70.8 Å². The molecular formula is C8H11N5. The first-order valence-corrected chi connectivity index (χ1v) is 3.96. The number of nitrogens with zero attached hydrogens (tertiary/aromatic N) is 3. The minimum Gasteiger partial charge on any atom is -0.369 e. The maximum atomic E-state index is 5.50. The van der Waals surface area contributed by atoms with E-state index in [0.717, 1.165) is 11.3 Å². The highest BCUT2D eigenvalue weighted by molar-refractivity contribution is 5.74. The van der Waals surface area contributed by atoms with Crippen molar-refractivity contribution >= 4 is 22.9 Å². The predicted molar refractivity (Wildman–Crippen MR) is 52.6 cm³/mol. The van der Waals surface area contributed by atoms with E-state index in [1.54, 1.807) is 0 Å². The van der Waals surface area contributed by atoms with E-state index in [4.69, 9.17) is 5.73 Å². The number of rotatable bonds is 1. The van der Waals surface area contributed by atoms with E-state index in [-0.39, 0.29) is 0 Å². The van der Waals surface area contributed by atoms with E-state index in [1.807, 2.05) is 31.1 Å². The lowest BCUT2D eigenvalue weighted by Crippen LogP contribution is -2.10. The molecule has 2 heterocycles. The van der Waals surface area contributed by atoms with Gasteiger partial charge in [0.05, 0.1) is 5.52 Å². The fourth-order valence-electron chi connectivity index (χ4n) is 1.15. The van der Waals surface area contributed by atoms with Crippen LogP contribution in [0.2, 0.25) is 0 Å². The van der Waals surface area contributed by atoms with Gasteiger partial charge in [-0.3, -0.25) is 0 Å². The monoisotopic (exact) mass is 177 g/mol.